The van der Waals surface area contributed by atoms with Crippen LogP contribution in [0.1, 0.15) is 27.3 Å². The van der Waals surface area contributed by atoms with Gasteiger partial charge < -0.3 is 11.1 Å². The van der Waals surface area contributed by atoms with Gasteiger partial charge in [-0.15, -0.1) is 12.4 Å². The van der Waals surface area contributed by atoms with Crippen molar-refractivity contribution in [1.29, 1.82) is 0 Å². The van der Waals surface area contributed by atoms with Crippen LogP contribution in [-0.2, 0) is 13.6 Å². The third kappa shape index (κ3) is 3.18. The van der Waals surface area contributed by atoms with Gasteiger partial charge in [-0.25, -0.2) is 0 Å². The van der Waals surface area contributed by atoms with Gasteiger partial charge in [-0.1, -0.05) is 12.1 Å². The van der Waals surface area contributed by atoms with E-state index >= 15 is 0 Å². The number of nitrogens with two attached hydrogens (primary N) is 1. The molecule has 0 saturated heterocycles. The number of hydrogen-bond donors (Lipinski definition) is 2. The van der Waals surface area contributed by atoms with Crippen molar-refractivity contribution >= 4 is 24.0 Å². The van der Waals surface area contributed by atoms with Gasteiger partial charge in [-0.2, -0.15) is 5.10 Å². The largest absolute Gasteiger partial charge is 0.326 e. The predicted molar refractivity (Wildman–Crippen MR) is 82.2 cm³/mol. The van der Waals surface area contributed by atoms with E-state index in [-0.39, 0.29) is 18.3 Å². The first-order chi connectivity index (χ1) is 9.02. The fourth-order valence-electron chi connectivity index (χ4n) is 1.93. The molecule has 0 radical (unpaired) electrons. The van der Waals surface area contributed by atoms with Crippen LogP contribution in [0.15, 0.2) is 24.3 Å². The molecule has 1 aromatic carbocycles. The number of hydrogen-bond acceptors (Lipinski definition) is 3. The average molecular weight is 295 g/mol. The van der Waals surface area contributed by atoms with Crippen molar-refractivity contribution in [3.63, 3.8) is 0 Å². The highest BCUT2D eigenvalue weighted by molar-refractivity contribution is 6.04. The van der Waals surface area contributed by atoms with Crippen LogP contribution in [0.25, 0.3) is 0 Å². The van der Waals surface area contributed by atoms with Crippen molar-refractivity contribution in [3.05, 3.63) is 46.8 Å². The number of amides is 1. The van der Waals surface area contributed by atoms with Gasteiger partial charge in [0.1, 0.15) is 0 Å². The minimum Gasteiger partial charge on any atom is -0.326 e. The molecule has 0 atom stereocenters. The van der Waals surface area contributed by atoms with Crippen molar-refractivity contribution in [2.24, 2.45) is 12.8 Å². The molecule has 1 heterocycles. The van der Waals surface area contributed by atoms with E-state index in [1.54, 1.807) is 16.8 Å². The van der Waals surface area contributed by atoms with Crippen LogP contribution in [-0.4, -0.2) is 15.7 Å². The van der Waals surface area contributed by atoms with Crippen LogP contribution in [0, 0.1) is 13.8 Å². The van der Waals surface area contributed by atoms with Crippen LogP contribution >= 0.6 is 12.4 Å². The molecule has 1 aromatic heterocycles. The quantitative estimate of drug-likeness (QED) is 0.911. The summed E-state index contributed by atoms with van der Waals surface area (Å²) in [4.78, 5) is 12.1. The SMILES string of the molecule is Cc1nn(C)c(C)c1NC(=O)c1ccc(CN)cc1.Cl. The van der Waals surface area contributed by atoms with Crippen LogP contribution in [0.3, 0.4) is 0 Å². The van der Waals surface area contributed by atoms with Crippen molar-refractivity contribution in [2.45, 2.75) is 20.4 Å². The third-order valence-corrected chi connectivity index (χ3v) is 3.20. The van der Waals surface area contributed by atoms with Crippen molar-refractivity contribution < 1.29 is 4.79 Å². The number of benzene rings is 1. The van der Waals surface area contributed by atoms with Crippen LogP contribution in [0.2, 0.25) is 0 Å². The van der Waals surface area contributed by atoms with E-state index < -0.39 is 0 Å². The standard InChI is InChI=1S/C14H18N4O.ClH/c1-9-13(10(2)18(3)17-9)16-14(19)12-6-4-11(8-15)5-7-12;/h4-7H,8,15H2,1-3H3,(H,16,19);1H. The van der Waals surface area contributed by atoms with Gasteiger partial charge in [0.25, 0.3) is 5.91 Å². The van der Waals surface area contributed by atoms with Crippen molar-refractivity contribution in [3.8, 4) is 0 Å². The second kappa shape index (κ2) is 6.54. The zero-order valence-corrected chi connectivity index (χ0v) is 12.6. The highest BCUT2D eigenvalue weighted by Crippen LogP contribution is 2.19. The maximum absolute atomic E-state index is 12.1. The molecule has 3 N–H and O–H groups in total. The molecular formula is C14H19ClN4O. The Morgan fingerprint density at radius 3 is 2.35 bits per heavy atom. The number of aryl methyl sites for hydroxylation is 2. The van der Waals surface area contributed by atoms with Gasteiger partial charge in [0.2, 0.25) is 0 Å². The molecule has 0 aliphatic heterocycles. The number of carbonyl (C=O) groups excluding carboxylic acids is 1. The second-order valence-corrected chi connectivity index (χ2v) is 4.52. The molecule has 1 amide bonds. The van der Waals surface area contributed by atoms with Gasteiger partial charge in [0.15, 0.2) is 0 Å². The number of anilines is 1. The molecule has 0 fully saturated rings. The van der Waals surface area contributed by atoms with Gasteiger partial charge in [0.05, 0.1) is 17.1 Å². The summed E-state index contributed by atoms with van der Waals surface area (Å²) in [6.45, 7) is 4.27. The molecule has 108 valence electrons. The average Bonchev–Trinajstić information content (AvgIpc) is 2.65. The maximum Gasteiger partial charge on any atom is 0.255 e. The Morgan fingerprint density at radius 2 is 1.90 bits per heavy atom. The first-order valence-electron chi connectivity index (χ1n) is 6.13. The van der Waals surface area contributed by atoms with Crippen molar-refractivity contribution in [1.82, 2.24) is 9.78 Å². The smallest absolute Gasteiger partial charge is 0.255 e. The lowest BCUT2D eigenvalue weighted by Gasteiger charge is -2.06. The minimum atomic E-state index is -0.136. The fourth-order valence-corrected chi connectivity index (χ4v) is 1.93. The van der Waals surface area contributed by atoms with Gasteiger partial charge in [0, 0.05) is 19.2 Å². The fraction of sp³-hybridized carbons (Fsp3) is 0.286. The lowest BCUT2D eigenvalue weighted by atomic mass is 10.1. The molecule has 6 heteroatoms. The highest BCUT2D eigenvalue weighted by atomic mass is 35.5. The van der Waals surface area contributed by atoms with Gasteiger partial charge >= 0.3 is 0 Å². The summed E-state index contributed by atoms with van der Waals surface area (Å²) in [6.07, 6.45) is 0. The summed E-state index contributed by atoms with van der Waals surface area (Å²) in [6, 6.07) is 7.27. The van der Waals surface area contributed by atoms with Gasteiger partial charge in [-0.3, -0.25) is 9.48 Å². The lowest BCUT2D eigenvalue weighted by molar-refractivity contribution is 0.102. The molecule has 2 rings (SSSR count). The van der Waals surface area contributed by atoms with Gasteiger partial charge in [-0.05, 0) is 31.5 Å². The summed E-state index contributed by atoms with van der Waals surface area (Å²) in [5, 5.41) is 7.17. The monoisotopic (exact) mass is 294 g/mol. The number of halogens is 1. The molecule has 0 saturated carbocycles. The minimum absolute atomic E-state index is 0. The van der Waals surface area contributed by atoms with E-state index in [1.165, 1.54) is 0 Å². The molecule has 20 heavy (non-hydrogen) atoms. The normalized spacial score (nSPS) is 10.0. The molecule has 0 aliphatic carbocycles. The molecule has 0 aliphatic rings. The zero-order chi connectivity index (χ0) is 14.0. The molecule has 0 bridgehead atoms. The Kier molecular flexibility index (Phi) is 5.30. The number of carbonyl (C=O) groups is 1. The van der Waals surface area contributed by atoms with E-state index in [2.05, 4.69) is 10.4 Å². The van der Waals surface area contributed by atoms with Crippen LogP contribution in [0.5, 0.6) is 0 Å². The Bertz CT molecular complexity index is 604. The molecule has 2 aromatic rings. The Balaban J connectivity index is 0.00000200. The van der Waals surface area contributed by atoms with Crippen LogP contribution in [0.4, 0.5) is 5.69 Å². The predicted octanol–water partition coefficient (Wildman–Crippen LogP) is 2.17. The number of aromatic nitrogens is 2. The van der Waals surface area contributed by atoms with Crippen molar-refractivity contribution in [2.75, 3.05) is 5.32 Å². The third-order valence-electron chi connectivity index (χ3n) is 3.20. The molecule has 5 nitrogen and oxygen atoms in total. The highest BCUT2D eigenvalue weighted by Gasteiger charge is 2.13. The summed E-state index contributed by atoms with van der Waals surface area (Å²) in [7, 11) is 1.86. The Morgan fingerprint density at radius 1 is 1.30 bits per heavy atom. The number of rotatable bonds is 3. The Labute approximate surface area is 124 Å². The first kappa shape index (κ1) is 16.2. The summed E-state index contributed by atoms with van der Waals surface area (Å²) >= 11 is 0. The second-order valence-electron chi connectivity index (χ2n) is 4.52. The lowest BCUT2D eigenvalue weighted by Crippen LogP contribution is -2.13. The van der Waals surface area contributed by atoms with E-state index in [9.17, 15) is 4.79 Å². The van der Waals surface area contributed by atoms with E-state index in [0.717, 1.165) is 22.6 Å². The molecule has 0 unspecified atom stereocenters. The number of nitrogens with one attached hydrogen (secondary N) is 1. The van der Waals surface area contributed by atoms with E-state index in [1.807, 2.05) is 33.0 Å². The first-order valence-corrected chi connectivity index (χ1v) is 6.13. The topological polar surface area (TPSA) is 72.9 Å². The summed E-state index contributed by atoms with van der Waals surface area (Å²) in [5.74, 6) is -0.136. The summed E-state index contributed by atoms with van der Waals surface area (Å²) < 4.78 is 1.75. The molecule has 0 spiro atoms. The summed E-state index contributed by atoms with van der Waals surface area (Å²) in [5.41, 5.74) is 9.67. The van der Waals surface area contributed by atoms with Crippen LogP contribution < -0.4 is 11.1 Å². The maximum atomic E-state index is 12.1. The van der Waals surface area contributed by atoms with E-state index in [4.69, 9.17) is 5.73 Å². The number of nitrogens with zero attached hydrogens (tertiary/aromatic N) is 2. The zero-order valence-electron chi connectivity index (χ0n) is 11.8. The van der Waals surface area contributed by atoms with E-state index in [0.29, 0.717) is 12.1 Å². The Hall–Kier alpha value is -1.85. The molecular weight excluding hydrogens is 276 g/mol.